The van der Waals surface area contributed by atoms with Crippen LogP contribution in [0.2, 0.25) is 5.02 Å². The number of thioether (sulfide) groups is 2. The van der Waals surface area contributed by atoms with Crippen molar-refractivity contribution in [1.82, 2.24) is 30.4 Å². The Morgan fingerprint density at radius 2 is 2.24 bits per heavy atom. The molecule has 0 bridgehead atoms. The molecule has 0 saturated carbocycles. The first-order chi connectivity index (χ1) is 17.7. The van der Waals surface area contributed by atoms with Gasteiger partial charge in [-0.3, -0.25) is 14.5 Å². The maximum atomic E-state index is 13.1. The minimum Gasteiger partial charge on any atom is -0.506 e. The lowest BCUT2D eigenvalue weighted by molar-refractivity contribution is -0.150. The zero-order valence-electron chi connectivity index (χ0n) is 19.2. The highest BCUT2D eigenvalue weighted by molar-refractivity contribution is 8.01. The molecule has 13 nitrogen and oxygen atoms in total. The molecule has 1 aromatic carbocycles. The van der Waals surface area contributed by atoms with Crippen LogP contribution >= 0.6 is 35.1 Å². The van der Waals surface area contributed by atoms with Gasteiger partial charge in [0.1, 0.15) is 29.5 Å². The van der Waals surface area contributed by atoms with Gasteiger partial charge < -0.3 is 20.4 Å². The number of β-lactam (4-membered cyclic amide) rings is 1. The molecule has 194 valence electrons. The van der Waals surface area contributed by atoms with E-state index in [9.17, 15) is 24.6 Å². The number of aliphatic carboxylic acids is 1. The minimum absolute atomic E-state index is 0.00538. The number of amides is 2. The van der Waals surface area contributed by atoms with E-state index in [2.05, 4.69) is 32.6 Å². The zero-order valence-corrected chi connectivity index (χ0v) is 21.6. The van der Waals surface area contributed by atoms with E-state index in [1.54, 1.807) is 7.05 Å². The number of nitrogens with one attached hydrogen (secondary N) is 1. The number of phenols is 1. The number of carbonyl (C=O) groups is 3. The fourth-order valence-electron chi connectivity index (χ4n) is 3.53. The van der Waals surface area contributed by atoms with Gasteiger partial charge in [0.25, 0.3) is 11.8 Å². The van der Waals surface area contributed by atoms with Crippen molar-refractivity contribution < 1.29 is 29.4 Å². The summed E-state index contributed by atoms with van der Waals surface area (Å²) in [5.41, 5.74) is 0.487. The molecule has 37 heavy (non-hydrogen) atoms. The van der Waals surface area contributed by atoms with Gasteiger partial charge in [-0.1, -0.05) is 41.2 Å². The Labute approximate surface area is 223 Å². The standard InChI is InChI=1S/C21H20ClN7O6S2/c1-3-6-35-25-14(10-4-5-13(30)12(22)7-10)17(31)23-15-18(32)29-16(20(33)34)11(8-36-19(15)29)9-37-21-24-26-27-28(21)2/h3-5,7,15,19,30H,1,6,8-9H2,2H3,(H,23,31)(H,33,34)/t15?,19-/m1/s1. The van der Waals surface area contributed by atoms with Gasteiger partial charge >= 0.3 is 5.97 Å². The highest BCUT2D eigenvalue weighted by atomic mass is 35.5. The minimum atomic E-state index is -1.24. The van der Waals surface area contributed by atoms with Crippen molar-refractivity contribution >= 4 is 58.6 Å². The number of tetrazole rings is 1. The average molecular weight is 566 g/mol. The molecule has 4 rings (SSSR count). The number of hydrogen-bond donors (Lipinski definition) is 3. The summed E-state index contributed by atoms with van der Waals surface area (Å²) in [6, 6.07) is 3.06. The van der Waals surface area contributed by atoms with Gasteiger partial charge in [0.15, 0.2) is 5.71 Å². The van der Waals surface area contributed by atoms with E-state index >= 15 is 0 Å². The number of carboxylic acids is 1. The van der Waals surface area contributed by atoms with Crippen molar-refractivity contribution in [2.45, 2.75) is 16.6 Å². The van der Waals surface area contributed by atoms with E-state index < -0.39 is 29.2 Å². The first-order valence-corrected chi connectivity index (χ1v) is 13.0. The fourth-order valence-corrected chi connectivity index (χ4v) is 6.05. The molecule has 2 atom stereocenters. The lowest BCUT2D eigenvalue weighted by Gasteiger charge is -2.49. The molecule has 2 aromatic rings. The highest BCUT2D eigenvalue weighted by Gasteiger charge is 2.54. The molecule has 3 heterocycles. The number of oxime groups is 1. The molecule has 2 amide bonds. The summed E-state index contributed by atoms with van der Waals surface area (Å²) in [6.45, 7) is 3.54. The van der Waals surface area contributed by atoms with Crippen LogP contribution in [0.25, 0.3) is 0 Å². The average Bonchev–Trinajstić information content (AvgIpc) is 3.29. The van der Waals surface area contributed by atoms with Gasteiger partial charge in [-0.05, 0) is 34.2 Å². The fraction of sp³-hybridized carbons (Fsp3) is 0.286. The largest absolute Gasteiger partial charge is 0.506 e. The Bertz CT molecular complexity index is 1330. The SMILES string of the molecule is C=CCON=C(C(=O)NC1C(=O)N2C(C(=O)O)=C(CSc3nnnn3C)CS[C@H]12)c1ccc(O)c(Cl)c1. The van der Waals surface area contributed by atoms with E-state index in [4.69, 9.17) is 16.4 Å². The molecule has 3 N–H and O–H groups in total. The number of halogens is 1. The Kier molecular flexibility index (Phi) is 8.04. The number of fused-ring (bicyclic) bond motifs is 1. The summed E-state index contributed by atoms with van der Waals surface area (Å²) in [4.78, 5) is 44.5. The third-order valence-electron chi connectivity index (χ3n) is 5.28. The van der Waals surface area contributed by atoms with Crippen molar-refractivity contribution in [2.75, 3.05) is 18.1 Å². The Hall–Kier alpha value is -3.56. The lowest BCUT2D eigenvalue weighted by Crippen LogP contribution is -2.71. The normalized spacial score (nSPS) is 19.2. The molecule has 1 fully saturated rings. The maximum Gasteiger partial charge on any atom is 0.352 e. The Morgan fingerprint density at radius 3 is 2.89 bits per heavy atom. The number of benzene rings is 1. The van der Waals surface area contributed by atoms with E-state index in [0.29, 0.717) is 16.5 Å². The van der Waals surface area contributed by atoms with Crippen LogP contribution in [0.4, 0.5) is 0 Å². The van der Waals surface area contributed by atoms with Crippen molar-refractivity contribution in [2.24, 2.45) is 12.2 Å². The van der Waals surface area contributed by atoms with E-state index in [1.165, 1.54) is 57.4 Å². The van der Waals surface area contributed by atoms with Crippen LogP contribution in [0.5, 0.6) is 5.75 Å². The van der Waals surface area contributed by atoms with E-state index in [-0.39, 0.29) is 40.1 Å². The molecule has 16 heteroatoms. The van der Waals surface area contributed by atoms with Gasteiger partial charge in [-0.15, -0.1) is 16.9 Å². The molecular weight excluding hydrogens is 546 g/mol. The second-order valence-electron chi connectivity index (χ2n) is 7.68. The summed E-state index contributed by atoms with van der Waals surface area (Å²) < 4.78 is 1.46. The number of carboxylic acid groups (broad SMARTS) is 1. The van der Waals surface area contributed by atoms with Crippen LogP contribution in [-0.4, -0.2) is 88.3 Å². The van der Waals surface area contributed by atoms with Crippen LogP contribution in [0.1, 0.15) is 5.56 Å². The van der Waals surface area contributed by atoms with E-state index in [1.807, 2.05) is 0 Å². The number of carbonyl (C=O) groups excluding carboxylic acids is 2. The van der Waals surface area contributed by atoms with Gasteiger partial charge in [-0.25, -0.2) is 9.48 Å². The van der Waals surface area contributed by atoms with Gasteiger partial charge in [0, 0.05) is 24.1 Å². The monoisotopic (exact) mass is 565 g/mol. The first kappa shape index (κ1) is 26.5. The molecule has 0 spiro atoms. The summed E-state index contributed by atoms with van der Waals surface area (Å²) >= 11 is 8.56. The highest BCUT2D eigenvalue weighted by Crippen LogP contribution is 2.41. The maximum absolute atomic E-state index is 13.1. The summed E-state index contributed by atoms with van der Waals surface area (Å²) in [5, 5.41) is 37.1. The number of phenolic OH excluding ortho intramolecular Hbond substituents is 1. The lowest BCUT2D eigenvalue weighted by atomic mass is 10.0. The molecule has 2 aliphatic heterocycles. The number of hydrogen-bond acceptors (Lipinski definition) is 11. The number of rotatable bonds is 10. The topological polar surface area (TPSA) is 172 Å². The number of aryl methyl sites for hydroxylation is 1. The smallest absolute Gasteiger partial charge is 0.352 e. The summed E-state index contributed by atoms with van der Waals surface area (Å²) in [5.74, 6) is -2.12. The van der Waals surface area contributed by atoms with Crippen LogP contribution in [-0.2, 0) is 26.3 Å². The predicted molar refractivity (Wildman–Crippen MR) is 135 cm³/mol. The molecule has 1 saturated heterocycles. The number of aromatic hydroxyl groups is 1. The van der Waals surface area contributed by atoms with Crippen molar-refractivity contribution in [3.8, 4) is 5.75 Å². The first-order valence-electron chi connectivity index (χ1n) is 10.6. The molecule has 1 aromatic heterocycles. The molecular formula is C21H20ClN7O6S2. The molecule has 0 radical (unpaired) electrons. The van der Waals surface area contributed by atoms with Crippen LogP contribution < -0.4 is 5.32 Å². The molecule has 1 unspecified atom stereocenters. The summed E-state index contributed by atoms with van der Waals surface area (Å²) in [6.07, 6.45) is 1.44. The Balaban J connectivity index is 1.52. The number of nitrogens with zero attached hydrogens (tertiary/aromatic N) is 6. The van der Waals surface area contributed by atoms with Crippen molar-refractivity contribution in [3.63, 3.8) is 0 Å². The van der Waals surface area contributed by atoms with Gasteiger partial charge in [-0.2, -0.15) is 0 Å². The third-order valence-corrected chi connectivity index (χ3v) is 8.02. The third kappa shape index (κ3) is 5.42. The van der Waals surface area contributed by atoms with Crippen LogP contribution in [0.3, 0.4) is 0 Å². The second kappa shape index (κ2) is 11.2. The molecule has 0 aliphatic carbocycles. The second-order valence-corrected chi connectivity index (χ2v) is 10.1. The number of aromatic nitrogens is 4. The quantitative estimate of drug-likeness (QED) is 0.0936. The Morgan fingerprint density at radius 1 is 1.46 bits per heavy atom. The van der Waals surface area contributed by atoms with Crippen molar-refractivity contribution in [1.29, 1.82) is 0 Å². The van der Waals surface area contributed by atoms with Crippen molar-refractivity contribution in [3.05, 3.63) is 52.7 Å². The zero-order chi connectivity index (χ0) is 26.7. The van der Waals surface area contributed by atoms with Gasteiger partial charge in [0.05, 0.1) is 5.02 Å². The molecule has 2 aliphatic rings. The summed E-state index contributed by atoms with van der Waals surface area (Å²) in [7, 11) is 1.67. The van der Waals surface area contributed by atoms with Crippen LogP contribution in [0, 0.1) is 0 Å². The van der Waals surface area contributed by atoms with Gasteiger partial charge in [0.2, 0.25) is 5.16 Å². The van der Waals surface area contributed by atoms with E-state index in [0.717, 1.165) is 0 Å². The predicted octanol–water partition coefficient (Wildman–Crippen LogP) is 1.01. The van der Waals surface area contributed by atoms with Crippen LogP contribution in [0.15, 0.2) is 52.4 Å².